The summed E-state index contributed by atoms with van der Waals surface area (Å²) < 4.78 is 0. The molecular formula is C6H11P. The first kappa shape index (κ1) is 5.31. The van der Waals surface area contributed by atoms with E-state index in [1.165, 1.54) is 37.4 Å². The highest BCUT2D eigenvalue weighted by Crippen LogP contribution is 2.14. The summed E-state index contributed by atoms with van der Waals surface area (Å²) in [5.74, 6) is 0. The highest BCUT2D eigenvalue weighted by molar-refractivity contribution is 7.21. The van der Waals surface area contributed by atoms with Crippen molar-refractivity contribution in [3.8, 4) is 0 Å². The molecule has 7 heavy (non-hydrogen) atoms. The maximum absolute atomic E-state index is 3.55. The van der Waals surface area contributed by atoms with Gasteiger partial charge < -0.3 is 0 Å². The van der Waals surface area contributed by atoms with Crippen LogP contribution in [0.25, 0.3) is 0 Å². The predicted octanol–water partition coefficient (Wildman–Crippen LogP) is 2.27. The van der Waals surface area contributed by atoms with Crippen LogP contribution in [0.2, 0.25) is 0 Å². The Morgan fingerprint density at radius 2 is 1.57 bits per heavy atom. The molecule has 0 heterocycles. The second-order valence-electron chi connectivity index (χ2n) is 2.16. The standard InChI is InChI=1S/C6H11P/c7-6-4-2-1-3-5-6/h7H,1-5H2. The van der Waals surface area contributed by atoms with Crippen LogP contribution < -0.4 is 0 Å². The van der Waals surface area contributed by atoms with Gasteiger partial charge in [0.05, 0.1) is 0 Å². The van der Waals surface area contributed by atoms with E-state index in [0.717, 1.165) is 0 Å². The molecule has 1 heteroatoms. The van der Waals surface area contributed by atoms with Crippen LogP contribution in [-0.2, 0) is 0 Å². The molecule has 0 spiro atoms. The molecule has 0 nitrogen and oxygen atoms in total. The Kier molecular flexibility index (Phi) is 1.87. The molecule has 1 saturated carbocycles. The molecular weight excluding hydrogens is 103 g/mol. The number of rotatable bonds is 0. The van der Waals surface area contributed by atoms with Crippen molar-refractivity contribution in [1.82, 2.24) is 0 Å². The van der Waals surface area contributed by atoms with Gasteiger partial charge in [0, 0.05) is 0 Å². The number of hydrogen-bond donors (Lipinski definition) is 0. The summed E-state index contributed by atoms with van der Waals surface area (Å²) in [7, 11) is 3.55. The molecule has 1 rings (SSSR count). The van der Waals surface area contributed by atoms with Crippen molar-refractivity contribution in [3.05, 3.63) is 0 Å². The molecule has 1 fully saturated rings. The molecule has 1 aliphatic rings. The van der Waals surface area contributed by atoms with E-state index in [9.17, 15) is 0 Å². The van der Waals surface area contributed by atoms with Crippen LogP contribution in [-0.4, -0.2) is 5.29 Å². The molecule has 0 unspecified atom stereocenters. The highest BCUT2D eigenvalue weighted by atomic mass is 31.0. The lowest BCUT2D eigenvalue weighted by Crippen LogP contribution is -1.99. The van der Waals surface area contributed by atoms with Crippen molar-refractivity contribution in [2.45, 2.75) is 32.1 Å². The van der Waals surface area contributed by atoms with Crippen molar-refractivity contribution in [2.24, 2.45) is 0 Å². The monoisotopic (exact) mass is 114 g/mol. The molecule has 0 amide bonds. The minimum Gasteiger partial charge on any atom is -0.123 e. The molecule has 1 aliphatic carbocycles. The predicted molar refractivity (Wildman–Crippen MR) is 36.4 cm³/mol. The van der Waals surface area contributed by atoms with Gasteiger partial charge in [-0.1, -0.05) is 11.7 Å². The first-order chi connectivity index (χ1) is 3.39. The number of hydrogen-bond acceptors (Lipinski definition) is 0. The summed E-state index contributed by atoms with van der Waals surface area (Å²) in [6.07, 6.45) is 6.87. The SMILES string of the molecule is P=C1CCCCC1. The first-order valence-corrected chi connectivity index (χ1v) is 3.46. The third-order valence-electron chi connectivity index (χ3n) is 1.46. The molecule has 0 bridgehead atoms. The third kappa shape index (κ3) is 1.61. The van der Waals surface area contributed by atoms with E-state index in [0.29, 0.717) is 0 Å². The van der Waals surface area contributed by atoms with E-state index in [1.54, 1.807) is 0 Å². The summed E-state index contributed by atoms with van der Waals surface area (Å²) in [5, 5.41) is 1.52. The van der Waals surface area contributed by atoms with E-state index in [1.807, 2.05) is 0 Å². The fourth-order valence-corrected chi connectivity index (χ4v) is 1.33. The van der Waals surface area contributed by atoms with Gasteiger partial charge >= 0.3 is 0 Å². The van der Waals surface area contributed by atoms with Gasteiger partial charge in [-0.15, -0.1) is 8.86 Å². The summed E-state index contributed by atoms with van der Waals surface area (Å²) >= 11 is 0. The maximum atomic E-state index is 3.55. The lowest BCUT2D eigenvalue weighted by Gasteiger charge is -2.09. The Hall–Kier alpha value is 0.170. The Bertz CT molecular complexity index is 68.2. The zero-order valence-corrected chi connectivity index (χ0v) is 5.54. The zero-order chi connectivity index (χ0) is 5.11. The molecule has 0 aromatic rings. The van der Waals surface area contributed by atoms with Crippen LogP contribution in [0.3, 0.4) is 0 Å². The molecule has 0 aliphatic heterocycles. The minimum atomic E-state index is 1.32. The summed E-state index contributed by atoms with van der Waals surface area (Å²) in [5.41, 5.74) is 0. The largest absolute Gasteiger partial charge is 0.123 e. The van der Waals surface area contributed by atoms with Crippen molar-refractivity contribution < 1.29 is 0 Å². The van der Waals surface area contributed by atoms with Gasteiger partial charge in [0.25, 0.3) is 0 Å². The van der Waals surface area contributed by atoms with E-state index < -0.39 is 0 Å². The van der Waals surface area contributed by atoms with E-state index in [4.69, 9.17) is 0 Å². The summed E-state index contributed by atoms with van der Waals surface area (Å²) in [6, 6.07) is 0. The van der Waals surface area contributed by atoms with Crippen LogP contribution in [0.15, 0.2) is 0 Å². The molecule has 0 atom stereocenters. The third-order valence-corrected chi connectivity index (χ3v) is 1.96. The van der Waals surface area contributed by atoms with Gasteiger partial charge in [-0.25, -0.2) is 0 Å². The Balaban J connectivity index is 2.25. The lowest BCUT2D eigenvalue weighted by molar-refractivity contribution is 0.675. The van der Waals surface area contributed by atoms with Crippen LogP contribution >= 0.6 is 8.86 Å². The molecule has 0 aromatic carbocycles. The maximum Gasteiger partial charge on any atom is -0.0279 e. The first-order valence-electron chi connectivity index (χ1n) is 2.96. The minimum absolute atomic E-state index is 1.32. The second kappa shape index (κ2) is 2.47. The Morgan fingerprint density at radius 3 is 1.86 bits per heavy atom. The Morgan fingerprint density at radius 1 is 1.00 bits per heavy atom. The van der Waals surface area contributed by atoms with Crippen LogP contribution in [0, 0.1) is 0 Å². The van der Waals surface area contributed by atoms with Gasteiger partial charge in [-0.05, 0) is 25.7 Å². The van der Waals surface area contributed by atoms with Crippen LogP contribution in [0.5, 0.6) is 0 Å². The van der Waals surface area contributed by atoms with Crippen molar-refractivity contribution in [2.75, 3.05) is 0 Å². The van der Waals surface area contributed by atoms with Gasteiger partial charge in [-0.3, -0.25) is 0 Å². The molecule has 0 radical (unpaired) electrons. The van der Waals surface area contributed by atoms with Crippen molar-refractivity contribution >= 4 is 14.2 Å². The van der Waals surface area contributed by atoms with Crippen LogP contribution in [0.4, 0.5) is 0 Å². The van der Waals surface area contributed by atoms with Crippen molar-refractivity contribution in [1.29, 1.82) is 0 Å². The topological polar surface area (TPSA) is 0 Å². The molecule has 0 saturated heterocycles. The molecule has 0 N–H and O–H groups in total. The summed E-state index contributed by atoms with van der Waals surface area (Å²) in [4.78, 5) is 0. The lowest BCUT2D eigenvalue weighted by atomic mass is 10.0. The van der Waals surface area contributed by atoms with Gasteiger partial charge in [-0.2, -0.15) is 0 Å². The van der Waals surface area contributed by atoms with Crippen molar-refractivity contribution in [3.63, 3.8) is 0 Å². The Labute approximate surface area is 47.1 Å². The van der Waals surface area contributed by atoms with E-state index in [2.05, 4.69) is 8.86 Å². The normalized spacial score (nSPS) is 22.6. The van der Waals surface area contributed by atoms with E-state index >= 15 is 0 Å². The van der Waals surface area contributed by atoms with E-state index in [-0.39, 0.29) is 0 Å². The zero-order valence-electron chi connectivity index (χ0n) is 4.54. The van der Waals surface area contributed by atoms with Gasteiger partial charge in [0.1, 0.15) is 0 Å². The van der Waals surface area contributed by atoms with Crippen LogP contribution in [0.1, 0.15) is 32.1 Å². The summed E-state index contributed by atoms with van der Waals surface area (Å²) in [6.45, 7) is 0. The average Bonchev–Trinajstić information content (AvgIpc) is 1.69. The highest BCUT2D eigenvalue weighted by Gasteiger charge is 2.01. The fourth-order valence-electron chi connectivity index (χ4n) is 0.979. The quantitative estimate of drug-likeness (QED) is 0.424. The second-order valence-corrected chi connectivity index (χ2v) is 2.87. The smallest absolute Gasteiger partial charge is 0.0279 e. The molecule has 40 valence electrons. The molecule has 0 aromatic heterocycles. The van der Waals surface area contributed by atoms with Gasteiger partial charge in [0.2, 0.25) is 0 Å². The fraction of sp³-hybridized carbons (Fsp3) is 0.833. The average molecular weight is 114 g/mol. The van der Waals surface area contributed by atoms with Gasteiger partial charge in [0.15, 0.2) is 0 Å².